The van der Waals surface area contributed by atoms with Gasteiger partial charge in [0.05, 0.1) is 27.0 Å². The summed E-state index contributed by atoms with van der Waals surface area (Å²) >= 11 is 0. The molecule has 102 valence electrons. The van der Waals surface area contributed by atoms with Gasteiger partial charge in [-0.3, -0.25) is 0 Å². The summed E-state index contributed by atoms with van der Waals surface area (Å²) < 4.78 is 16.0. The number of benzene rings is 1. The summed E-state index contributed by atoms with van der Waals surface area (Å²) in [5.41, 5.74) is 1.89. The van der Waals surface area contributed by atoms with Crippen LogP contribution in [-0.4, -0.2) is 21.3 Å². The van der Waals surface area contributed by atoms with Crippen molar-refractivity contribution in [2.75, 3.05) is 26.6 Å². The third kappa shape index (κ3) is 3.02. The lowest BCUT2D eigenvalue weighted by atomic mass is 10.1. The van der Waals surface area contributed by atoms with E-state index in [1.165, 1.54) is 0 Å². The van der Waals surface area contributed by atoms with Crippen LogP contribution in [0.2, 0.25) is 0 Å². The molecule has 2 rings (SSSR count). The van der Waals surface area contributed by atoms with Crippen molar-refractivity contribution in [3.05, 3.63) is 36.1 Å². The van der Waals surface area contributed by atoms with Crippen LogP contribution in [0.1, 0.15) is 12.8 Å². The molecule has 1 N–H and O–H groups in total. The normalized spacial score (nSPS) is 13.7. The van der Waals surface area contributed by atoms with Crippen molar-refractivity contribution in [3.63, 3.8) is 0 Å². The van der Waals surface area contributed by atoms with E-state index in [0.717, 1.165) is 30.0 Å². The topological polar surface area (TPSA) is 39.7 Å². The predicted molar refractivity (Wildman–Crippen MR) is 76.2 cm³/mol. The van der Waals surface area contributed by atoms with E-state index in [9.17, 15) is 0 Å². The lowest BCUT2D eigenvalue weighted by Gasteiger charge is -2.17. The van der Waals surface area contributed by atoms with Crippen LogP contribution in [-0.2, 0) is 0 Å². The third-order valence-corrected chi connectivity index (χ3v) is 2.96. The first-order valence-corrected chi connectivity index (χ1v) is 6.22. The molecule has 4 heteroatoms. The average molecular weight is 261 g/mol. The van der Waals surface area contributed by atoms with Crippen molar-refractivity contribution in [1.82, 2.24) is 0 Å². The molecule has 0 saturated heterocycles. The summed E-state index contributed by atoms with van der Waals surface area (Å²) in [7, 11) is 4.87. The van der Waals surface area contributed by atoms with Gasteiger partial charge in [0.1, 0.15) is 5.75 Å². The average Bonchev–Trinajstić information content (AvgIpc) is 2.47. The van der Waals surface area contributed by atoms with Gasteiger partial charge in [-0.2, -0.15) is 0 Å². The first-order chi connectivity index (χ1) is 9.28. The Morgan fingerprint density at radius 2 is 1.84 bits per heavy atom. The Labute approximate surface area is 113 Å². The molecular formula is C15H19NO3. The predicted octanol–water partition coefficient (Wildman–Crippen LogP) is 3.36. The van der Waals surface area contributed by atoms with Gasteiger partial charge in [0.25, 0.3) is 0 Å². The highest BCUT2D eigenvalue weighted by molar-refractivity contribution is 5.69. The minimum Gasteiger partial charge on any atom is -0.497 e. The molecule has 1 aliphatic rings. The summed E-state index contributed by atoms with van der Waals surface area (Å²) in [6, 6.07) is 3.69. The number of ether oxygens (including phenoxy) is 3. The minimum atomic E-state index is 0.643. The Kier molecular flexibility index (Phi) is 4.34. The number of hydrogen-bond acceptors (Lipinski definition) is 4. The zero-order valence-electron chi connectivity index (χ0n) is 11.5. The number of rotatable bonds is 5. The summed E-state index contributed by atoms with van der Waals surface area (Å²) in [6.07, 6.45) is 8.50. The van der Waals surface area contributed by atoms with Gasteiger partial charge in [-0.25, -0.2) is 0 Å². The van der Waals surface area contributed by atoms with Crippen LogP contribution in [0.15, 0.2) is 36.1 Å². The van der Waals surface area contributed by atoms with E-state index >= 15 is 0 Å². The Hall–Kier alpha value is -2.10. The number of allylic oxidation sites excluding steroid dienone is 3. The van der Waals surface area contributed by atoms with Crippen LogP contribution in [0.4, 0.5) is 5.69 Å². The SMILES string of the molecule is COc1cc(NC2=CCCC=C2)c(OC)c(OC)c1. The van der Waals surface area contributed by atoms with E-state index in [1.54, 1.807) is 27.4 Å². The van der Waals surface area contributed by atoms with Crippen LogP contribution >= 0.6 is 0 Å². The fourth-order valence-electron chi connectivity index (χ4n) is 2.01. The molecule has 0 amide bonds. The molecule has 0 spiro atoms. The van der Waals surface area contributed by atoms with Gasteiger partial charge in [0.2, 0.25) is 0 Å². The lowest BCUT2D eigenvalue weighted by Crippen LogP contribution is -2.03. The van der Waals surface area contributed by atoms with Crippen molar-refractivity contribution in [1.29, 1.82) is 0 Å². The van der Waals surface area contributed by atoms with Crippen molar-refractivity contribution >= 4 is 5.69 Å². The summed E-state index contributed by atoms with van der Waals surface area (Å²) in [5.74, 6) is 2.04. The number of nitrogens with one attached hydrogen (secondary N) is 1. The van der Waals surface area contributed by atoms with E-state index in [2.05, 4.69) is 23.5 Å². The molecule has 0 heterocycles. The molecule has 0 bridgehead atoms. The van der Waals surface area contributed by atoms with Crippen LogP contribution in [0.3, 0.4) is 0 Å². The number of anilines is 1. The standard InChI is InChI=1S/C15H19NO3/c1-17-12-9-13(15(19-3)14(10-12)18-2)16-11-7-5-4-6-8-11/h5,7-10,16H,4,6H2,1-3H3. The van der Waals surface area contributed by atoms with Gasteiger partial charge < -0.3 is 19.5 Å². The molecule has 1 aromatic rings. The molecule has 19 heavy (non-hydrogen) atoms. The first-order valence-electron chi connectivity index (χ1n) is 6.22. The second kappa shape index (κ2) is 6.18. The Balaban J connectivity index is 2.36. The molecule has 0 saturated carbocycles. The summed E-state index contributed by atoms with van der Waals surface area (Å²) in [6.45, 7) is 0. The van der Waals surface area contributed by atoms with Gasteiger partial charge >= 0.3 is 0 Å². The highest BCUT2D eigenvalue weighted by Gasteiger charge is 2.13. The van der Waals surface area contributed by atoms with Crippen LogP contribution in [0.5, 0.6) is 17.2 Å². The van der Waals surface area contributed by atoms with E-state index in [1.807, 2.05) is 6.07 Å². The van der Waals surface area contributed by atoms with Crippen LogP contribution in [0.25, 0.3) is 0 Å². The maximum Gasteiger partial charge on any atom is 0.184 e. The maximum absolute atomic E-state index is 5.41. The first kappa shape index (κ1) is 13.3. The molecule has 0 aromatic heterocycles. The Morgan fingerprint density at radius 3 is 2.42 bits per heavy atom. The second-order valence-electron chi connectivity index (χ2n) is 4.17. The summed E-state index contributed by atoms with van der Waals surface area (Å²) in [4.78, 5) is 0. The number of methoxy groups -OCH3 is 3. The zero-order chi connectivity index (χ0) is 13.7. The van der Waals surface area contributed by atoms with Crippen molar-refractivity contribution in [2.24, 2.45) is 0 Å². The molecule has 0 unspecified atom stereocenters. The molecule has 0 fully saturated rings. The molecular weight excluding hydrogens is 242 g/mol. The van der Waals surface area contributed by atoms with E-state index in [-0.39, 0.29) is 0 Å². The third-order valence-electron chi connectivity index (χ3n) is 2.96. The minimum absolute atomic E-state index is 0.643. The molecule has 0 atom stereocenters. The second-order valence-corrected chi connectivity index (χ2v) is 4.17. The van der Waals surface area contributed by atoms with Gasteiger partial charge in [-0.1, -0.05) is 12.2 Å². The van der Waals surface area contributed by atoms with Crippen molar-refractivity contribution in [3.8, 4) is 17.2 Å². The monoisotopic (exact) mass is 261 g/mol. The fourth-order valence-corrected chi connectivity index (χ4v) is 2.01. The maximum atomic E-state index is 5.41. The van der Waals surface area contributed by atoms with Gasteiger partial charge in [-0.15, -0.1) is 0 Å². The largest absolute Gasteiger partial charge is 0.497 e. The van der Waals surface area contributed by atoms with Crippen LogP contribution < -0.4 is 19.5 Å². The van der Waals surface area contributed by atoms with E-state index in [4.69, 9.17) is 14.2 Å². The van der Waals surface area contributed by atoms with Gasteiger partial charge in [0, 0.05) is 17.8 Å². The highest BCUT2D eigenvalue weighted by atomic mass is 16.5. The van der Waals surface area contributed by atoms with Crippen molar-refractivity contribution in [2.45, 2.75) is 12.8 Å². The molecule has 4 nitrogen and oxygen atoms in total. The summed E-state index contributed by atoms with van der Waals surface area (Å²) in [5, 5.41) is 3.34. The van der Waals surface area contributed by atoms with Crippen molar-refractivity contribution < 1.29 is 14.2 Å². The molecule has 0 aliphatic heterocycles. The molecule has 0 radical (unpaired) electrons. The van der Waals surface area contributed by atoms with Gasteiger partial charge in [-0.05, 0) is 18.9 Å². The number of hydrogen-bond donors (Lipinski definition) is 1. The van der Waals surface area contributed by atoms with Crippen LogP contribution in [0, 0.1) is 0 Å². The fraction of sp³-hybridized carbons (Fsp3) is 0.333. The molecule has 1 aromatic carbocycles. The van der Waals surface area contributed by atoms with Gasteiger partial charge in [0.15, 0.2) is 11.5 Å². The lowest BCUT2D eigenvalue weighted by molar-refractivity contribution is 0.350. The Morgan fingerprint density at radius 1 is 1.00 bits per heavy atom. The zero-order valence-corrected chi connectivity index (χ0v) is 11.5. The highest BCUT2D eigenvalue weighted by Crippen LogP contribution is 2.40. The van der Waals surface area contributed by atoms with E-state index < -0.39 is 0 Å². The smallest absolute Gasteiger partial charge is 0.184 e. The molecule has 1 aliphatic carbocycles. The Bertz CT molecular complexity index is 506. The van der Waals surface area contributed by atoms with E-state index in [0.29, 0.717) is 11.5 Å². The quantitative estimate of drug-likeness (QED) is 0.882.